The van der Waals surface area contributed by atoms with Crippen molar-refractivity contribution in [2.45, 2.75) is 31.2 Å². The molecule has 0 aromatic carbocycles. The van der Waals surface area contributed by atoms with E-state index in [9.17, 15) is 4.79 Å². The molecule has 0 unspecified atom stereocenters. The van der Waals surface area contributed by atoms with Gasteiger partial charge in [0.25, 0.3) is 5.91 Å². The van der Waals surface area contributed by atoms with Crippen LogP contribution in [0.1, 0.15) is 36.2 Å². The summed E-state index contributed by atoms with van der Waals surface area (Å²) in [6.45, 7) is 2.99. The Bertz CT molecular complexity index is 421. The second kappa shape index (κ2) is 4.39. The number of piperidine rings is 1. The molecule has 2 aliphatic heterocycles. The average Bonchev–Trinajstić information content (AvgIpc) is 3.03. The van der Waals surface area contributed by atoms with Crippen LogP contribution in [0.15, 0.2) is 16.8 Å². The number of amides is 1. The van der Waals surface area contributed by atoms with Crippen molar-refractivity contribution in [1.82, 2.24) is 15.0 Å². The van der Waals surface area contributed by atoms with Gasteiger partial charge in [-0.05, 0) is 32.7 Å². The van der Waals surface area contributed by atoms with Gasteiger partial charge < -0.3 is 14.3 Å². The Morgan fingerprint density at radius 3 is 2.78 bits per heavy atom. The van der Waals surface area contributed by atoms with Crippen molar-refractivity contribution in [3.8, 4) is 0 Å². The van der Waals surface area contributed by atoms with E-state index in [1.54, 1.807) is 6.07 Å². The van der Waals surface area contributed by atoms with Crippen molar-refractivity contribution in [2.24, 2.45) is 0 Å². The van der Waals surface area contributed by atoms with Crippen molar-refractivity contribution in [2.75, 3.05) is 26.7 Å². The Labute approximate surface area is 107 Å². The van der Waals surface area contributed by atoms with Crippen molar-refractivity contribution < 1.29 is 9.32 Å². The number of carbonyl (C=O) groups excluding carboxylic acids is 1. The number of aromatic nitrogens is 1. The summed E-state index contributed by atoms with van der Waals surface area (Å²) in [6.07, 6.45) is 5.90. The van der Waals surface area contributed by atoms with E-state index >= 15 is 0 Å². The first-order valence-electron chi connectivity index (χ1n) is 6.62. The maximum Gasteiger partial charge on any atom is 0.292 e. The van der Waals surface area contributed by atoms with E-state index in [1.807, 2.05) is 4.90 Å². The van der Waals surface area contributed by atoms with Gasteiger partial charge in [-0.15, -0.1) is 0 Å². The minimum Gasteiger partial charge on any atom is -0.351 e. The van der Waals surface area contributed by atoms with Crippen LogP contribution in [0.25, 0.3) is 0 Å². The second-order valence-electron chi connectivity index (χ2n) is 5.46. The lowest BCUT2D eigenvalue weighted by Crippen LogP contribution is -2.53. The lowest BCUT2D eigenvalue weighted by molar-refractivity contribution is 0.0373. The van der Waals surface area contributed by atoms with E-state index in [-0.39, 0.29) is 11.4 Å². The lowest BCUT2D eigenvalue weighted by atomic mass is 9.85. The molecule has 0 N–H and O–H groups in total. The molecule has 0 atom stereocenters. The van der Waals surface area contributed by atoms with Gasteiger partial charge >= 0.3 is 0 Å². The molecule has 2 saturated heterocycles. The van der Waals surface area contributed by atoms with Crippen LogP contribution in [0.4, 0.5) is 0 Å². The fraction of sp³-hybridized carbons (Fsp3) is 0.692. The van der Waals surface area contributed by atoms with Crippen molar-refractivity contribution in [3.05, 3.63) is 18.0 Å². The quantitative estimate of drug-likeness (QED) is 0.754. The Morgan fingerprint density at radius 1 is 1.33 bits per heavy atom. The lowest BCUT2D eigenvalue weighted by Gasteiger charge is -2.43. The number of hydrogen-bond donors (Lipinski definition) is 0. The van der Waals surface area contributed by atoms with E-state index in [0.29, 0.717) is 5.76 Å². The molecule has 1 aromatic heterocycles. The fourth-order valence-electron chi connectivity index (χ4n) is 3.27. The summed E-state index contributed by atoms with van der Waals surface area (Å²) in [5, 5.41) is 3.63. The van der Waals surface area contributed by atoms with E-state index in [1.165, 1.54) is 6.20 Å². The minimum absolute atomic E-state index is 0.00885. The first-order chi connectivity index (χ1) is 8.71. The third kappa shape index (κ3) is 1.82. The molecular formula is C13H19N3O2. The second-order valence-corrected chi connectivity index (χ2v) is 5.46. The van der Waals surface area contributed by atoms with Crippen molar-refractivity contribution in [1.29, 1.82) is 0 Å². The van der Waals surface area contributed by atoms with Crippen LogP contribution in [-0.2, 0) is 0 Å². The van der Waals surface area contributed by atoms with Gasteiger partial charge in [0.15, 0.2) is 0 Å². The molecule has 0 bridgehead atoms. The molecule has 0 aliphatic carbocycles. The molecule has 0 radical (unpaired) electrons. The highest BCUT2D eigenvalue weighted by atomic mass is 16.5. The number of likely N-dealkylation sites (tertiary alicyclic amines) is 2. The van der Waals surface area contributed by atoms with E-state index in [2.05, 4.69) is 17.1 Å². The Hall–Kier alpha value is -1.36. The van der Waals surface area contributed by atoms with Crippen LogP contribution in [0, 0.1) is 0 Å². The van der Waals surface area contributed by atoms with Crippen LogP contribution in [0.2, 0.25) is 0 Å². The number of hydrogen-bond acceptors (Lipinski definition) is 4. The van der Waals surface area contributed by atoms with Crippen LogP contribution < -0.4 is 0 Å². The molecule has 1 amide bonds. The number of rotatable bonds is 1. The van der Waals surface area contributed by atoms with Crippen LogP contribution in [0.3, 0.4) is 0 Å². The summed E-state index contributed by atoms with van der Waals surface area (Å²) in [7, 11) is 2.14. The summed E-state index contributed by atoms with van der Waals surface area (Å²) in [4.78, 5) is 16.8. The Morgan fingerprint density at radius 2 is 2.11 bits per heavy atom. The van der Waals surface area contributed by atoms with Crippen LogP contribution in [-0.4, -0.2) is 53.1 Å². The number of carbonyl (C=O) groups is 1. The standard InChI is InChI=1S/C13H19N3O2/c1-15-9-5-13(6-10-15)4-2-8-16(13)12(17)11-3-7-14-18-11/h3,7H,2,4-6,8-10H2,1H3. The predicted octanol–water partition coefficient (Wildman–Crippen LogP) is 1.37. The van der Waals surface area contributed by atoms with Crippen molar-refractivity contribution >= 4 is 5.91 Å². The first-order valence-corrected chi connectivity index (χ1v) is 6.62. The highest BCUT2D eigenvalue weighted by molar-refractivity contribution is 5.92. The molecule has 2 fully saturated rings. The predicted molar refractivity (Wildman–Crippen MR) is 66.2 cm³/mol. The summed E-state index contributed by atoms with van der Waals surface area (Å²) < 4.78 is 5.01. The van der Waals surface area contributed by atoms with Gasteiger partial charge in [-0.1, -0.05) is 5.16 Å². The normalized spacial score (nSPS) is 23.7. The van der Waals surface area contributed by atoms with Crippen LogP contribution in [0.5, 0.6) is 0 Å². The largest absolute Gasteiger partial charge is 0.351 e. The SMILES string of the molecule is CN1CCC2(CCCN2C(=O)c2ccno2)CC1. The first kappa shape index (κ1) is 11.7. The van der Waals surface area contributed by atoms with E-state index in [0.717, 1.165) is 45.3 Å². The smallest absolute Gasteiger partial charge is 0.292 e. The minimum atomic E-state index is 0.00885. The van der Waals surface area contributed by atoms with Gasteiger partial charge in [0.05, 0.1) is 6.20 Å². The zero-order valence-corrected chi connectivity index (χ0v) is 10.8. The van der Waals surface area contributed by atoms with Crippen molar-refractivity contribution in [3.63, 3.8) is 0 Å². The summed E-state index contributed by atoms with van der Waals surface area (Å²) in [5.74, 6) is 0.379. The van der Waals surface area contributed by atoms with E-state index < -0.39 is 0 Å². The monoisotopic (exact) mass is 249 g/mol. The van der Waals surface area contributed by atoms with Gasteiger partial charge in [0.1, 0.15) is 0 Å². The molecule has 0 saturated carbocycles. The maximum absolute atomic E-state index is 12.4. The van der Waals surface area contributed by atoms with Crippen LogP contribution >= 0.6 is 0 Å². The zero-order chi connectivity index (χ0) is 12.6. The van der Waals surface area contributed by atoms with Gasteiger partial charge in [-0.2, -0.15) is 0 Å². The Kier molecular flexibility index (Phi) is 2.86. The molecule has 2 aliphatic rings. The fourth-order valence-corrected chi connectivity index (χ4v) is 3.27. The molecule has 5 nitrogen and oxygen atoms in total. The summed E-state index contributed by atoms with van der Waals surface area (Å²) >= 11 is 0. The molecule has 5 heteroatoms. The molecule has 3 heterocycles. The molecule has 1 aromatic rings. The Balaban J connectivity index is 1.81. The highest BCUT2D eigenvalue weighted by Gasteiger charge is 2.45. The van der Waals surface area contributed by atoms with Gasteiger partial charge in [0.2, 0.25) is 5.76 Å². The topological polar surface area (TPSA) is 49.6 Å². The highest BCUT2D eigenvalue weighted by Crippen LogP contribution is 2.38. The summed E-state index contributed by atoms with van der Waals surface area (Å²) in [5.41, 5.74) is 0.0659. The zero-order valence-electron chi connectivity index (χ0n) is 10.8. The maximum atomic E-state index is 12.4. The molecular weight excluding hydrogens is 230 g/mol. The third-order valence-corrected chi connectivity index (χ3v) is 4.41. The van der Waals surface area contributed by atoms with Gasteiger partial charge in [-0.25, -0.2) is 0 Å². The number of nitrogens with zero attached hydrogens (tertiary/aromatic N) is 3. The van der Waals surface area contributed by atoms with Gasteiger partial charge in [0, 0.05) is 31.2 Å². The molecule has 3 rings (SSSR count). The molecule has 18 heavy (non-hydrogen) atoms. The molecule has 98 valence electrons. The third-order valence-electron chi connectivity index (χ3n) is 4.41. The average molecular weight is 249 g/mol. The van der Waals surface area contributed by atoms with E-state index in [4.69, 9.17) is 4.52 Å². The van der Waals surface area contributed by atoms with Gasteiger partial charge in [-0.3, -0.25) is 4.79 Å². The molecule has 1 spiro atoms. The summed E-state index contributed by atoms with van der Waals surface area (Å²) in [6, 6.07) is 1.66.